The Morgan fingerprint density at radius 1 is 1.37 bits per heavy atom. The number of phenolic OH excluding ortho intramolecular Hbond substituents is 1. The number of carbonyl (C=O) groups excluding carboxylic acids is 1. The standard InChI is InChI=1S/C14H22N2O3/c1-11(14(18)15-8-3-9-19-2)16-10-12-4-6-13(17)7-5-12/h4-7,11,16-17H,3,8-10H2,1-2H3,(H,15,18). The summed E-state index contributed by atoms with van der Waals surface area (Å²) >= 11 is 0. The number of aromatic hydroxyl groups is 1. The molecule has 0 aliphatic heterocycles. The molecular weight excluding hydrogens is 244 g/mol. The van der Waals surface area contributed by atoms with Crippen molar-refractivity contribution >= 4 is 5.91 Å². The third-order valence-electron chi connectivity index (χ3n) is 2.77. The summed E-state index contributed by atoms with van der Waals surface area (Å²) in [5, 5.41) is 15.1. The lowest BCUT2D eigenvalue weighted by molar-refractivity contribution is -0.122. The van der Waals surface area contributed by atoms with Crippen LogP contribution in [0.1, 0.15) is 18.9 Å². The van der Waals surface area contributed by atoms with Crippen molar-refractivity contribution in [2.24, 2.45) is 0 Å². The predicted octanol–water partition coefficient (Wildman–Crippen LogP) is 1.02. The monoisotopic (exact) mass is 266 g/mol. The van der Waals surface area contributed by atoms with Gasteiger partial charge in [0.15, 0.2) is 0 Å². The van der Waals surface area contributed by atoms with Gasteiger partial charge in [0.25, 0.3) is 0 Å². The van der Waals surface area contributed by atoms with E-state index in [-0.39, 0.29) is 17.7 Å². The molecule has 3 N–H and O–H groups in total. The highest BCUT2D eigenvalue weighted by Gasteiger charge is 2.10. The van der Waals surface area contributed by atoms with Crippen LogP contribution in [0.5, 0.6) is 5.75 Å². The zero-order valence-corrected chi connectivity index (χ0v) is 11.5. The van der Waals surface area contributed by atoms with Gasteiger partial charge in [-0.1, -0.05) is 12.1 Å². The fourth-order valence-electron chi connectivity index (χ4n) is 1.56. The summed E-state index contributed by atoms with van der Waals surface area (Å²) in [5.74, 6) is 0.225. The van der Waals surface area contributed by atoms with Crippen molar-refractivity contribution in [3.8, 4) is 5.75 Å². The Balaban J connectivity index is 2.24. The number of hydrogen-bond donors (Lipinski definition) is 3. The fourth-order valence-corrected chi connectivity index (χ4v) is 1.56. The van der Waals surface area contributed by atoms with E-state index in [0.717, 1.165) is 12.0 Å². The molecule has 1 amide bonds. The molecule has 106 valence electrons. The smallest absolute Gasteiger partial charge is 0.236 e. The Labute approximate surface area is 114 Å². The van der Waals surface area contributed by atoms with E-state index >= 15 is 0 Å². The number of rotatable bonds is 8. The first-order valence-electron chi connectivity index (χ1n) is 6.41. The number of benzene rings is 1. The topological polar surface area (TPSA) is 70.6 Å². The second-order valence-corrected chi connectivity index (χ2v) is 4.41. The first-order valence-corrected chi connectivity index (χ1v) is 6.41. The second-order valence-electron chi connectivity index (χ2n) is 4.41. The number of carbonyl (C=O) groups is 1. The first-order chi connectivity index (χ1) is 9.13. The third-order valence-corrected chi connectivity index (χ3v) is 2.77. The molecule has 0 saturated heterocycles. The van der Waals surface area contributed by atoms with E-state index < -0.39 is 0 Å². The molecule has 1 aromatic carbocycles. The van der Waals surface area contributed by atoms with Gasteiger partial charge in [0.05, 0.1) is 6.04 Å². The molecule has 19 heavy (non-hydrogen) atoms. The van der Waals surface area contributed by atoms with Crippen molar-refractivity contribution in [3.63, 3.8) is 0 Å². The van der Waals surface area contributed by atoms with Crippen molar-refractivity contribution in [1.82, 2.24) is 10.6 Å². The molecular formula is C14H22N2O3. The lowest BCUT2D eigenvalue weighted by Crippen LogP contribution is -2.42. The summed E-state index contributed by atoms with van der Waals surface area (Å²) in [4.78, 5) is 11.7. The van der Waals surface area contributed by atoms with Crippen molar-refractivity contribution < 1.29 is 14.6 Å². The molecule has 0 aliphatic carbocycles. The minimum atomic E-state index is -0.253. The zero-order valence-electron chi connectivity index (χ0n) is 11.5. The SMILES string of the molecule is COCCCNC(=O)C(C)NCc1ccc(O)cc1. The van der Waals surface area contributed by atoms with Crippen LogP contribution in [0.4, 0.5) is 0 Å². The average Bonchev–Trinajstić information content (AvgIpc) is 2.42. The van der Waals surface area contributed by atoms with Gasteiger partial charge in [0.1, 0.15) is 5.75 Å². The summed E-state index contributed by atoms with van der Waals surface area (Å²) in [6.07, 6.45) is 0.812. The second kappa shape index (κ2) is 8.50. The highest BCUT2D eigenvalue weighted by atomic mass is 16.5. The van der Waals surface area contributed by atoms with Crippen molar-refractivity contribution in [2.75, 3.05) is 20.3 Å². The van der Waals surface area contributed by atoms with Gasteiger partial charge in [0.2, 0.25) is 5.91 Å². The van der Waals surface area contributed by atoms with Crippen LogP contribution in [0.25, 0.3) is 0 Å². The normalized spacial score (nSPS) is 12.1. The molecule has 0 radical (unpaired) electrons. The van der Waals surface area contributed by atoms with Gasteiger partial charge in [-0.3, -0.25) is 4.79 Å². The number of amides is 1. The Kier molecular flexibility index (Phi) is 6.92. The van der Waals surface area contributed by atoms with Gasteiger partial charge >= 0.3 is 0 Å². The molecule has 1 aromatic rings. The van der Waals surface area contributed by atoms with Gasteiger partial charge in [-0.25, -0.2) is 0 Å². The third kappa shape index (κ3) is 6.22. The average molecular weight is 266 g/mol. The molecule has 1 unspecified atom stereocenters. The van der Waals surface area contributed by atoms with E-state index in [2.05, 4.69) is 10.6 Å². The molecule has 0 fully saturated rings. The van der Waals surface area contributed by atoms with Crippen LogP contribution >= 0.6 is 0 Å². The highest BCUT2D eigenvalue weighted by molar-refractivity contribution is 5.81. The van der Waals surface area contributed by atoms with Gasteiger partial charge < -0.3 is 20.5 Å². The zero-order chi connectivity index (χ0) is 14.1. The molecule has 0 spiro atoms. The Hall–Kier alpha value is -1.59. The predicted molar refractivity (Wildman–Crippen MR) is 73.9 cm³/mol. The molecule has 0 saturated carbocycles. The summed E-state index contributed by atoms with van der Waals surface area (Å²) in [6, 6.07) is 6.66. The maximum Gasteiger partial charge on any atom is 0.236 e. The van der Waals surface area contributed by atoms with E-state index in [1.54, 1.807) is 19.2 Å². The molecule has 5 nitrogen and oxygen atoms in total. The lowest BCUT2D eigenvalue weighted by atomic mass is 10.2. The highest BCUT2D eigenvalue weighted by Crippen LogP contribution is 2.09. The Bertz CT molecular complexity index is 379. The maximum atomic E-state index is 11.7. The molecule has 5 heteroatoms. The quantitative estimate of drug-likeness (QED) is 0.614. The molecule has 0 bridgehead atoms. The molecule has 1 rings (SSSR count). The number of nitrogens with one attached hydrogen (secondary N) is 2. The van der Waals surface area contributed by atoms with Crippen LogP contribution < -0.4 is 10.6 Å². The summed E-state index contributed by atoms with van der Waals surface area (Å²) in [5.41, 5.74) is 1.02. The van der Waals surface area contributed by atoms with E-state index in [9.17, 15) is 4.79 Å². The van der Waals surface area contributed by atoms with Crippen LogP contribution in [0, 0.1) is 0 Å². The van der Waals surface area contributed by atoms with E-state index in [0.29, 0.717) is 19.7 Å². The van der Waals surface area contributed by atoms with Gasteiger partial charge in [-0.05, 0) is 31.0 Å². The van der Waals surface area contributed by atoms with Crippen LogP contribution in [-0.2, 0) is 16.1 Å². The van der Waals surface area contributed by atoms with Gasteiger partial charge in [0, 0.05) is 26.8 Å². The van der Waals surface area contributed by atoms with E-state index in [4.69, 9.17) is 9.84 Å². The van der Waals surface area contributed by atoms with Gasteiger partial charge in [-0.2, -0.15) is 0 Å². The van der Waals surface area contributed by atoms with Crippen molar-refractivity contribution in [3.05, 3.63) is 29.8 Å². The number of ether oxygens (including phenoxy) is 1. The largest absolute Gasteiger partial charge is 0.508 e. The van der Waals surface area contributed by atoms with Crippen LogP contribution in [0.2, 0.25) is 0 Å². The molecule has 0 aromatic heterocycles. The number of hydrogen-bond acceptors (Lipinski definition) is 4. The summed E-state index contributed by atoms with van der Waals surface area (Å²) < 4.78 is 4.91. The minimum absolute atomic E-state index is 0.0186. The van der Waals surface area contributed by atoms with E-state index in [1.807, 2.05) is 19.1 Å². The fraction of sp³-hybridized carbons (Fsp3) is 0.500. The molecule has 0 aliphatic rings. The summed E-state index contributed by atoms with van der Waals surface area (Å²) in [7, 11) is 1.64. The van der Waals surface area contributed by atoms with E-state index in [1.165, 1.54) is 0 Å². The molecule has 0 heterocycles. The lowest BCUT2D eigenvalue weighted by Gasteiger charge is -2.14. The molecule has 1 atom stereocenters. The van der Waals surface area contributed by atoms with Crippen molar-refractivity contribution in [2.45, 2.75) is 25.9 Å². The first kappa shape index (κ1) is 15.5. The van der Waals surface area contributed by atoms with Crippen LogP contribution in [0.3, 0.4) is 0 Å². The summed E-state index contributed by atoms with van der Waals surface area (Å²) in [6.45, 7) is 3.69. The minimum Gasteiger partial charge on any atom is -0.508 e. The Morgan fingerprint density at radius 3 is 2.68 bits per heavy atom. The maximum absolute atomic E-state index is 11.7. The Morgan fingerprint density at radius 2 is 2.05 bits per heavy atom. The number of methoxy groups -OCH3 is 1. The van der Waals surface area contributed by atoms with Crippen LogP contribution in [0.15, 0.2) is 24.3 Å². The van der Waals surface area contributed by atoms with Crippen LogP contribution in [-0.4, -0.2) is 37.3 Å². The van der Waals surface area contributed by atoms with Crippen molar-refractivity contribution in [1.29, 1.82) is 0 Å². The van der Waals surface area contributed by atoms with Gasteiger partial charge in [-0.15, -0.1) is 0 Å². The number of phenols is 1.